The fraction of sp³-hybridized carbons (Fsp3) is 0.250. The highest BCUT2D eigenvalue weighted by molar-refractivity contribution is 7.89. The zero-order valence-corrected chi connectivity index (χ0v) is 17.9. The van der Waals surface area contributed by atoms with Crippen LogP contribution < -0.4 is 4.90 Å². The van der Waals surface area contributed by atoms with Crippen molar-refractivity contribution in [2.24, 2.45) is 0 Å². The zero-order chi connectivity index (χ0) is 23.0. The third-order valence-electron chi connectivity index (χ3n) is 5.42. The molecule has 0 aliphatic carbocycles. The van der Waals surface area contributed by atoms with E-state index in [4.69, 9.17) is 0 Å². The number of nitro benzene ring substituents is 2. The van der Waals surface area contributed by atoms with Crippen LogP contribution in [0.4, 0.5) is 17.1 Å². The maximum Gasteiger partial charge on any atom is 0.296 e. The molecule has 1 aliphatic heterocycles. The van der Waals surface area contributed by atoms with E-state index < -0.39 is 36.1 Å². The van der Waals surface area contributed by atoms with Gasteiger partial charge in [-0.25, -0.2) is 8.42 Å². The third-order valence-corrected chi connectivity index (χ3v) is 7.37. The molecule has 0 radical (unpaired) electrons. The minimum Gasteiger partial charge on any atom is -0.368 e. The molecule has 4 rings (SSSR count). The Morgan fingerprint density at radius 2 is 1.66 bits per heavy atom. The van der Waals surface area contributed by atoms with Gasteiger partial charge in [-0.05, 0) is 30.7 Å². The number of fused-ring (bicyclic) bond motifs is 1. The smallest absolute Gasteiger partial charge is 0.296 e. The normalized spacial score (nSPS) is 15.1. The number of non-ortho nitro benzene ring substituents is 1. The molecular weight excluding hydrogens is 438 g/mol. The van der Waals surface area contributed by atoms with Crippen molar-refractivity contribution in [1.82, 2.24) is 9.29 Å². The number of piperazine rings is 1. The summed E-state index contributed by atoms with van der Waals surface area (Å²) in [6, 6.07) is 10.4. The molecule has 2 heterocycles. The van der Waals surface area contributed by atoms with Crippen LogP contribution in [0.3, 0.4) is 0 Å². The number of nitro groups is 2. The maximum absolute atomic E-state index is 13.1. The van der Waals surface area contributed by atoms with Gasteiger partial charge in [0.1, 0.15) is 0 Å². The second-order valence-corrected chi connectivity index (χ2v) is 9.31. The second kappa shape index (κ2) is 8.13. The standard InChI is InChI=1S/C20H19N5O6S/c1-14-2-4-16-17(12-14)21-7-6-18(16)22-8-10-23(11-9-22)32(30,31)20-5-3-15(24(26)27)13-19(20)25(28)29/h2-7,12-13H,8-11H2,1H3. The second-order valence-electron chi connectivity index (χ2n) is 7.41. The van der Waals surface area contributed by atoms with Crippen LogP contribution in [0, 0.1) is 27.2 Å². The molecule has 0 N–H and O–H groups in total. The van der Waals surface area contributed by atoms with Crippen LogP contribution in [0.1, 0.15) is 5.56 Å². The lowest BCUT2D eigenvalue weighted by atomic mass is 10.1. The molecule has 1 fully saturated rings. The van der Waals surface area contributed by atoms with Gasteiger partial charge in [-0.2, -0.15) is 4.31 Å². The summed E-state index contributed by atoms with van der Waals surface area (Å²) >= 11 is 0. The van der Waals surface area contributed by atoms with E-state index in [0.29, 0.717) is 19.2 Å². The first-order valence-electron chi connectivity index (χ1n) is 9.72. The van der Waals surface area contributed by atoms with E-state index in [9.17, 15) is 28.6 Å². The van der Waals surface area contributed by atoms with E-state index in [1.54, 1.807) is 6.20 Å². The van der Waals surface area contributed by atoms with Crippen molar-refractivity contribution in [3.05, 3.63) is 74.5 Å². The van der Waals surface area contributed by atoms with Gasteiger partial charge in [-0.15, -0.1) is 0 Å². The van der Waals surface area contributed by atoms with Crippen molar-refractivity contribution >= 4 is 38.0 Å². The molecule has 0 unspecified atom stereocenters. The molecule has 32 heavy (non-hydrogen) atoms. The summed E-state index contributed by atoms with van der Waals surface area (Å²) in [5, 5.41) is 23.3. The van der Waals surface area contributed by atoms with Crippen molar-refractivity contribution < 1.29 is 18.3 Å². The molecule has 1 aromatic heterocycles. The van der Waals surface area contributed by atoms with E-state index >= 15 is 0 Å². The minimum absolute atomic E-state index is 0.117. The minimum atomic E-state index is -4.20. The van der Waals surface area contributed by atoms with Crippen LogP contribution in [-0.2, 0) is 10.0 Å². The van der Waals surface area contributed by atoms with Crippen LogP contribution in [0.25, 0.3) is 10.9 Å². The molecular formula is C20H19N5O6S. The first-order chi connectivity index (χ1) is 15.2. The maximum atomic E-state index is 13.1. The van der Waals surface area contributed by atoms with Crippen LogP contribution in [0.15, 0.2) is 53.6 Å². The van der Waals surface area contributed by atoms with Gasteiger partial charge < -0.3 is 4.90 Å². The molecule has 0 bridgehead atoms. The van der Waals surface area contributed by atoms with Crippen LogP contribution in [-0.4, -0.2) is 53.7 Å². The van der Waals surface area contributed by atoms with Gasteiger partial charge in [0.2, 0.25) is 10.0 Å². The first kappa shape index (κ1) is 21.6. The Morgan fingerprint density at radius 1 is 0.938 bits per heavy atom. The Labute approximate surface area is 183 Å². The molecule has 12 heteroatoms. The highest BCUT2D eigenvalue weighted by Crippen LogP contribution is 2.32. The summed E-state index contributed by atoms with van der Waals surface area (Å²) in [7, 11) is -4.20. The van der Waals surface area contributed by atoms with Crippen molar-refractivity contribution in [3.63, 3.8) is 0 Å². The summed E-state index contributed by atoms with van der Waals surface area (Å²) in [6.45, 7) is 2.98. The predicted octanol–water partition coefficient (Wildman–Crippen LogP) is 2.87. The van der Waals surface area contributed by atoms with Gasteiger partial charge in [-0.3, -0.25) is 25.2 Å². The number of anilines is 1. The average Bonchev–Trinajstić information content (AvgIpc) is 2.78. The molecule has 166 valence electrons. The van der Waals surface area contributed by atoms with Crippen LogP contribution >= 0.6 is 0 Å². The largest absolute Gasteiger partial charge is 0.368 e. The summed E-state index contributed by atoms with van der Waals surface area (Å²) in [4.78, 5) is 26.5. The van der Waals surface area contributed by atoms with Gasteiger partial charge >= 0.3 is 0 Å². The number of aryl methyl sites for hydroxylation is 1. The molecule has 0 saturated carbocycles. The predicted molar refractivity (Wildman–Crippen MR) is 117 cm³/mol. The number of aromatic nitrogens is 1. The van der Waals surface area contributed by atoms with Crippen molar-refractivity contribution in [2.45, 2.75) is 11.8 Å². The highest BCUT2D eigenvalue weighted by atomic mass is 32.2. The molecule has 2 aromatic carbocycles. The number of hydrogen-bond donors (Lipinski definition) is 0. The Kier molecular flexibility index (Phi) is 5.48. The van der Waals surface area contributed by atoms with Crippen LogP contribution in [0.2, 0.25) is 0 Å². The number of rotatable bonds is 5. The summed E-state index contributed by atoms with van der Waals surface area (Å²) in [6.07, 6.45) is 1.71. The number of benzene rings is 2. The van der Waals surface area contributed by atoms with Crippen LogP contribution in [0.5, 0.6) is 0 Å². The van der Waals surface area contributed by atoms with Gasteiger partial charge in [0.05, 0.1) is 21.4 Å². The SMILES string of the molecule is Cc1ccc2c(N3CCN(S(=O)(=O)c4ccc([N+](=O)[O-])cc4[N+](=O)[O-])CC3)ccnc2c1. The van der Waals surface area contributed by atoms with E-state index in [0.717, 1.165) is 34.3 Å². The molecule has 0 spiro atoms. The molecule has 1 aliphatic rings. The van der Waals surface area contributed by atoms with Gasteiger partial charge in [-0.1, -0.05) is 12.1 Å². The van der Waals surface area contributed by atoms with E-state index in [1.807, 2.05) is 31.2 Å². The van der Waals surface area contributed by atoms with Crippen molar-refractivity contribution in [2.75, 3.05) is 31.1 Å². The average molecular weight is 457 g/mol. The topological polar surface area (TPSA) is 140 Å². The Hall–Kier alpha value is -3.64. The highest BCUT2D eigenvalue weighted by Gasteiger charge is 2.35. The Bertz CT molecular complexity index is 1340. The molecule has 11 nitrogen and oxygen atoms in total. The molecule has 3 aromatic rings. The quantitative estimate of drug-likeness (QED) is 0.421. The van der Waals surface area contributed by atoms with E-state index in [-0.39, 0.29) is 13.1 Å². The van der Waals surface area contributed by atoms with E-state index in [1.165, 1.54) is 4.31 Å². The van der Waals surface area contributed by atoms with Crippen molar-refractivity contribution in [1.29, 1.82) is 0 Å². The summed E-state index contributed by atoms with van der Waals surface area (Å²) in [5.41, 5.74) is 1.52. The fourth-order valence-electron chi connectivity index (χ4n) is 3.81. The number of nitrogens with zero attached hydrogens (tertiary/aromatic N) is 5. The Morgan fingerprint density at radius 3 is 2.31 bits per heavy atom. The Balaban J connectivity index is 1.60. The lowest BCUT2D eigenvalue weighted by molar-refractivity contribution is -0.396. The van der Waals surface area contributed by atoms with Crippen molar-refractivity contribution in [3.8, 4) is 0 Å². The van der Waals surface area contributed by atoms with Gasteiger partial charge in [0.15, 0.2) is 4.90 Å². The number of sulfonamides is 1. The monoisotopic (exact) mass is 457 g/mol. The lowest BCUT2D eigenvalue weighted by Crippen LogP contribution is -2.48. The molecule has 1 saturated heterocycles. The lowest BCUT2D eigenvalue weighted by Gasteiger charge is -2.35. The fourth-order valence-corrected chi connectivity index (χ4v) is 5.37. The third kappa shape index (κ3) is 3.85. The summed E-state index contributed by atoms with van der Waals surface area (Å²) in [5.74, 6) is 0. The number of hydrogen-bond acceptors (Lipinski definition) is 8. The van der Waals surface area contributed by atoms with Gasteiger partial charge in [0.25, 0.3) is 11.4 Å². The number of pyridine rings is 1. The van der Waals surface area contributed by atoms with Gasteiger partial charge in [0, 0.05) is 49.5 Å². The zero-order valence-electron chi connectivity index (χ0n) is 17.0. The summed E-state index contributed by atoms with van der Waals surface area (Å²) < 4.78 is 27.4. The molecule has 0 amide bonds. The van der Waals surface area contributed by atoms with E-state index in [2.05, 4.69) is 9.88 Å². The first-order valence-corrected chi connectivity index (χ1v) is 11.2. The molecule has 0 atom stereocenters.